The monoisotopic (exact) mass is 281 g/mol. The lowest BCUT2D eigenvalue weighted by atomic mass is 10.4. The maximum atomic E-state index is 11.5. The Morgan fingerprint density at radius 3 is 2.94 bits per heavy atom. The van der Waals surface area contributed by atoms with Crippen LogP contribution in [0, 0.1) is 6.92 Å². The van der Waals surface area contributed by atoms with E-state index in [9.17, 15) is 4.79 Å². The highest BCUT2D eigenvalue weighted by Crippen LogP contribution is 2.30. The molecule has 0 aliphatic heterocycles. The lowest BCUT2D eigenvalue weighted by molar-refractivity contribution is -0.128. The molecular weight excluding hydrogens is 266 g/mol. The van der Waals surface area contributed by atoms with E-state index in [0.29, 0.717) is 6.42 Å². The minimum atomic E-state index is 0.147. The summed E-state index contributed by atoms with van der Waals surface area (Å²) in [5, 5.41) is 2.07. The predicted molar refractivity (Wildman–Crippen MR) is 76.2 cm³/mol. The van der Waals surface area contributed by atoms with Gasteiger partial charge in [0.15, 0.2) is 0 Å². The molecule has 0 N–H and O–H groups in total. The van der Waals surface area contributed by atoms with E-state index in [0.717, 1.165) is 21.0 Å². The van der Waals surface area contributed by atoms with Crippen molar-refractivity contribution in [3.63, 3.8) is 0 Å². The fourth-order valence-corrected chi connectivity index (χ4v) is 3.34. The van der Waals surface area contributed by atoms with Gasteiger partial charge in [-0.1, -0.05) is 0 Å². The van der Waals surface area contributed by atoms with Gasteiger partial charge in [-0.05, 0) is 13.0 Å². The van der Waals surface area contributed by atoms with Gasteiger partial charge in [-0.3, -0.25) is 4.79 Å². The van der Waals surface area contributed by atoms with Gasteiger partial charge in [0.25, 0.3) is 0 Å². The molecule has 18 heavy (non-hydrogen) atoms. The van der Waals surface area contributed by atoms with Crippen molar-refractivity contribution >= 4 is 39.2 Å². The number of fused-ring (bicyclic) bond motifs is 1. The first-order chi connectivity index (χ1) is 8.58. The number of carbonyl (C=O) groups excluding carboxylic acids is 1. The van der Waals surface area contributed by atoms with E-state index in [-0.39, 0.29) is 5.91 Å². The molecule has 0 spiro atoms. The number of carbonyl (C=O) groups is 1. The second-order valence-electron chi connectivity index (χ2n) is 4.14. The van der Waals surface area contributed by atoms with Crippen LogP contribution >= 0.6 is 23.1 Å². The molecule has 0 saturated carbocycles. The number of nitrogens with zero attached hydrogens (tertiary/aromatic N) is 3. The molecule has 0 bridgehead atoms. The van der Waals surface area contributed by atoms with Gasteiger partial charge in [-0.2, -0.15) is 0 Å². The van der Waals surface area contributed by atoms with E-state index in [4.69, 9.17) is 0 Å². The van der Waals surface area contributed by atoms with Crippen LogP contribution in [0.4, 0.5) is 0 Å². The van der Waals surface area contributed by atoms with Gasteiger partial charge in [0.2, 0.25) is 5.91 Å². The summed E-state index contributed by atoms with van der Waals surface area (Å²) in [5.41, 5.74) is 0. The first kappa shape index (κ1) is 13.3. The lowest BCUT2D eigenvalue weighted by Crippen LogP contribution is -2.21. The van der Waals surface area contributed by atoms with Crippen molar-refractivity contribution in [2.24, 2.45) is 0 Å². The minimum Gasteiger partial charge on any atom is -0.349 e. The number of aromatic nitrogens is 2. The molecule has 1 amide bonds. The molecule has 0 aliphatic carbocycles. The number of thiophene rings is 1. The molecule has 0 aromatic carbocycles. The van der Waals surface area contributed by atoms with E-state index in [1.54, 1.807) is 48.4 Å². The third kappa shape index (κ3) is 3.00. The molecule has 0 fully saturated rings. The van der Waals surface area contributed by atoms with Gasteiger partial charge in [0.1, 0.15) is 16.2 Å². The molecule has 0 saturated heterocycles. The number of hydrogen-bond donors (Lipinski definition) is 0. The van der Waals surface area contributed by atoms with Gasteiger partial charge in [0.05, 0.1) is 0 Å². The van der Waals surface area contributed by atoms with E-state index >= 15 is 0 Å². The summed E-state index contributed by atoms with van der Waals surface area (Å²) in [4.78, 5) is 23.9. The summed E-state index contributed by atoms with van der Waals surface area (Å²) in [5.74, 6) is 0.896. The zero-order valence-electron chi connectivity index (χ0n) is 10.6. The van der Waals surface area contributed by atoms with Crippen LogP contribution in [0.1, 0.15) is 11.3 Å². The second-order valence-corrected chi connectivity index (χ2v) is 6.46. The molecule has 2 rings (SSSR count). The third-order valence-corrected chi connectivity index (χ3v) is 4.44. The highest BCUT2D eigenvalue weighted by atomic mass is 32.2. The Balaban J connectivity index is 2.05. The van der Waals surface area contributed by atoms with Crippen LogP contribution in [0.25, 0.3) is 10.2 Å². The molecule has 4 nitrogen and oxygen atoms in total. The number of hydrogen-bond acceptors (Lipinski definition) is 5. The van der Waals surface area contributed by atoms with E-state index in [2.05, 4.69) is 23.0 Å². The van der Waals surface area contributed by atoms with Gasteiger partial charge in [-0.15, -0.1) is 23.1 Å². The number of amides is 1. The second kappa shape index (κ2) is 5.67. The lowest BCUT2D eigenvalue weighted by Gasteiger charge is -2.09. The molecule has 0 unspecified atom stereocenters. The first-order valence-electron chi connectivity index (χ1n) is 5.62. The van der Waals surface area contributed by atoms with Crippen molar-refractivity contribution < 1.29 is 4.79 Å². The Hall–Kier alpha value is -1.14. The molecule has 0 radical (unpaired) electrons. The summed E-state index contributed by atoms with van der Waals surface area (Å²) in [6.07, 6.45) is 2.13. The SMILES string of the molecule is Cc1cc2c(SCCC(=O)N(C)C)ncnc2s1. The van der Waals surface area contributed by atoms with E-state index in [1.165, 1.54) is 4.88 Å². The highest BCUT2D eigenvalue weighted by molar-refractivity contribution is 7.99. The summed E-state index contributed by atoms with van der Waals surface area (Å²) in [6.45, 7) is 2.07. The topological polar surface area (TPSA) is 46.1 Å². The van der Waals surface area contributed by atoms with Crippen molar-refractivity contribution in [1.29, 1.82) is 0 Å². The average Bonchev–Trinajstić information content (AvgIpc) is 2.70. The molecule has 2 heterocycles. The number of aryl methyl sites for hydroxylation is 1. The highest BCUT2D eigenvalue weighted by Gasteiger charge is 2.09. The largest absolute Gasteiger partial charge is 0.349 e. The fourth-order valence-electron chi connectivity index (χ4n) is 1.53. The van der Waals surface area contributed by atoms with Crippen LogP contribution in [0.15, 0.2) is 17.4 Å². The van der Waals surface area contributed by atoms with E-state index in [1.807, 2.05) is 0 Å². The van der Waals surface area contributed by atoms with Crippen LogP contribution in [-0.2, 0) is 4.79 Å². The minimum absolute atomic E-state index is 0.147. The van der Waals surface area contributed by atoms with Crippen molar-refractivity contribution in [1.82, 2.24) is 14.9 Å². The predicted octanol–water partition coefficient (Wildman–Crippen LogP) is 2.57. The number of thioether (sulfide) groups is 1. The Bertz CT molecular complexity index is 565. The first-order valence-corrected chi connectivity index (χ1v) is 7.42. The summed E-state index contributed by atoms with van der Waals surface area (Å²) in [6, 6.07) is 2.11. The smallest absolute Gasteiger partial charge is 0.222 e. The van der Waals surface area contributed by atoms with Gasteiger partial charge < -0.3 is 4.90 Å². The Kier molecular flexibility index (Phi) is 4.19. The molecule has 0 atom stereocenters. The standard InChI is InChI=1S/C12H15N3OS2/c1-8-6-9-11(13-7-14-12(9)18-8)17-5-4-10(16)15(2)3/h6-7H,4-5H2,1-3H3. The quantitative estimate of drug-likeness (QED) is 0.638. The Morgan fingerprint density at radius 2 is 2.22 bits per heavy atom. The fraction of sp³-hybridized carbons (Fsp3) is 0.417. The molecule has 2 aromatic heterocycles. The number of rotatable bonds is 4. The summed E-state index contributed by atoms with van der Waals surface area (Å²) in [7, 11) is 3.55. The van der Waals surface area contributed by atoms with Crippen molar-refractivity contribution in [2.45, 2.75) is 18.4 Å². The van der Waals surface area contributed by atoms with Crippen LogP contribution in [0.5, 0.6) is 0 Å². The van der Waals surface area contributed by atoms with Gasteiger partial charge in [-0.25, -0.2) is 9.97 Å². The van der Waals surface area contributed by atoms with Gasteiger partial charge >= 0.3 is 0 Å². The van der Waals surface area contributed by atoms with Gasteiger partial charge in [0, 0.05) is 36.5 Å². The summed E-state index contributed by atoms with van der Waals surface area (Å²) < 4.78 is 0. The average molecular weight is 281 g/mol. The molecule has 2 aromatic rings. The zero-order chi connectivity index (χ0) is 13.1. The molecule has 6 heteroatoms. The van der Waals surface area contributed by atoms with Crippen LogP contribution in [-0.4, -0.2) is 40.6 Å². The Morgan fingerprint density at radius 1 is 1.44 bits per heavy atom. The van der Waals surface area contributed by atoms with Crippen LogP contribution in [0.2, 0.25) is 0 Å². The van der Waals surface area contributed by atoms with Crippen molar-refractivity contribution in [3.05, 3.63) is 17.3 Å². The third-order valence-electron chi connectivity index (χ3n) is 2.47. The van der Waals surface area contributed by atoms with Crippen LogP contribution < -0.4 is 0 Å². The maximum absolute atomic E-state index is 11.5. The molecule has 0 aliphatic rings. The van der Waals surface area contributed by atoms with Crippen molar-refractivity contribution in [3.8, 4) is 0 Å². The van der Waals surface area contributed by atoms with Crippen molar-refractivity contribution in [2.75, 3.05) is 19.8 Å². The summed E-state index contributed by atoms with van der Waals surface area (Å²) >= 11 is 3.29. The van der Waals surface area contributed by atoms with E-state index < -0.39 is 0 Å². The molecular formula is C12H15N3OS2. The maximum Gasteiger partial charge on any atom is 0.222 e. The normalized spacial score (nSPS) is 10.8. The molecule has 96 valence electrons. The zero-order valence-corrected chi connectivity index (χ0v) is 12.3. The Labute approximate surface area is 114 Å². The van der Waals surface area contributed by atoms with Crippen LogP contribution in [0.3, 0.4) is 0 Å².